The molecule has 140 valence electrons. The molecule has 1 aliphatic heterocycles. The highest BCUT2D eigenvalue weighted by Gasteiger charge is 2.32. The zero-order valence-corrected chi connectivity index (χ0v) is 15.6. The average Bonchev–Trinajstić information content (AvgIpc) is 3.54. The van der Waals surface area contributed by atoms with E-state index in [0.29, 0.717) is 30.5 Å². The molecule has 9 heteroatoms. The minimum Gasteiger partial charge on any atom is -0.336 e. The van der Waals surface area contributed by atoms with E-state index in [0.717, 1.165) is 17.7 Å². The number of hydrogen-bond donors (Lipinski definition) is 0. The smallest absolute Gasteiger partial charge is 0.276 e. The van der Waals surface area contributed by atoms with E-state index in [4.69, 9.17) is 4.52 Å². The lowest BCUT2D eigenvalue weighted by molar-refractivity contribution is 0.0784. The molecular weight excluding hydrogens is 376 g/mol. The van der Waals surface area contributed by atoms with E-state index in [1.165, 1.54) is 11.0 Å². The number of rotatable bonds is 4. The van der Waals surface area contributed by atoms with E-state index in [1.807, 2.05) is 47.2 Å². The summed E-state index contributed by atoms with van der Waals surface area (Å²) in [5.74, 6) is 1.09. The summed E-state index contributed by atoms with van der Waals surface area (Å²) >= 11 is 1.58. The number of benzene rings is 1. The van der Waals surface area contributed by atoms with Gasteiger partial charge in [0, 0.05) is 24.4 Å². The standard InChI is InChI=1S/C19H16N6O2S/c26-19(16-10-20-25(22-16)15-4-2-1-3-5-15)24-8-6-13(11-24)17-21-18(27-23-17)14-7-9-28-12-14/h1-5,7,9-10,12-13H,6,8,11H2. The molecule has 5 rings (SSSR count). The summed E-state index contributed by atoms with van der Waals surface area (Å²) in [6, 6.07) is 11.5. The van der Waals surface area contributed by atoms with Gasteiger partial charge in [-0.3, -0.25) is 4.79 Å². The van der Waals surface area contributed by atoms with E-state index < -0.39 is 0 Å². The van der Waals surface area contributed by atoms with Crippen LogP contribution < -0.4 is 0 Å². The molecule has 1 fully saturated rings. The van der Waals surface area contributed by atoms with Gasteiger partial charge < -0.3 is 9.42 Å². The largest absolute Gasteiger partial charge is 0.336 e. The summed E-state index contributed by atoms with van der Waals surface area (Å²) in [6.07, 6.45) is 2.30. The number of thiophene rings is 1. The lowest BCUT2D eigenvalue weighted by Gasteiger charge is -2.13. The van der Waals surface area contributed by atoms with Crippen molar-refractivity contribution in [3.05, 3.63) is 64.9 Å². The predicted molar refractivity (Wildman–Crippen MR) is 102 cm³/mol. The predicted octanol–water partition coefficient (Wildman–Crippen LogP) is 3.01. The summed E-state index contributed by atoms with van der Waals surface area (Å²) in [6.45, 7) is 1.17. The van der Waals surface area contributed by atoms with Crippen molar-refractivity contribution in [3.63, 3.8) is 0 Å². The van der Waals surface area contributed by atoms with Gasteiger partial charge in [0.2, 0.25) is 0 Å². The number of likely N-dealkylation sites (tertiary alicyclic amines) is 1. The molecule has 1 aromatic carbocycles. The van der Waals surface area contributed by atoms with E-state index in [-0.39, 0.29) is 11.8 Å². The van der Waals surface area contributed by atoms with Gasteiger partial charge >= 0.3 is 0 Å². The molecule has 0 N–H and O–H groups in total. The van der Waals surface area contributed by atoms with Crippen molar-refractivity contribution < 1.29 is 9.32 Å². The molecule has 0 bridgehead atoms. The summed E-state index contributed by atoms with van der Waals surface area (Å²) < 4.78 is 5.37. The second-order valence-electron chi connectivity index (χ2n) is 6.56. The first kappa shape index (κ1) is 16.8. The maximum atomic E-state index is 12.8. The molecule has 4 heterocycles. The van der Waals surface area contributed by atoms with Gasteiger partial charge in [-0.05, 0) is 30.0 Å². The zero-order chi connectivity index (χ0) is 18.9. The third-order valence-electron chi connectivity index (χ3n) is 4.75. The molecular formula is C19H16N6O2S. The molecule has 4 aromatic rings. The van der Waals surface area contributed by atoms with Gasteiger partial charge in [0.1, 0.15) is 0 Å². The molecule has 3 aromatic heterocycles. The van der Waals surface area contributed by atoms with Gasteiger partial charge in [-0.15, -0.1) is 5.10 Å². The van der Waals surface area contributed by atoms with Gasteiger partial charge in [-0.2, -0.15) is 26.2 Å². The van der Waals surface area contributed by atoms with Crippen molar-refractivity contribution in [3.8, 4) is 17.1 Å². The first-order valence-corrected chi connectivity index (χ1v) is 9.85. The van der Waals surface area contributed by atoms with Gasteiger partial charge in [0.25, 0.3) is 11.8 Å². The second-order valence-corrected chi connectivity index (χ2v) is 7.34. The number of nitrogens with zero attached hydrogens (tertiary/aromatic N) is 6. The second kappa shape index (κ2) is 7.01. The summed E-state index contributed by atoms with van der Waals surface area (Å²) in [4.78, 5) is 20.5. The molecule has 1 saturated heterocycles. The molecule has 1 unspecified atom stereocenters. The Balaban J connectivity index is 1.28. The lowest BCUT2D eigenvalue weighted by atomic mass is 10.1. The highest BCUT2D eigenvalue weighted by molar-refractivity contribution is 7.08. The molecule has 0 radical (unpaired) electrons. The fraction of sp³-hybridized carbons (Fsp3) is 0.211. The molecule has 0 saturated carbocycles. The van der Waals surface area contributed by atoms with Gasteiger partial charge in [-0.25, -0.2) is 0 Å². The van der Waals surface area contributed by atoms with Crippen LogP contribution in [0.25, 0.3) is 17.1 Å². The Morgan fingerprint density at radius 1 is 1.21 bits per heavy atom. The van der Waals surface area contributed by atoms with Crippen LogP contribution in [0.2, 0.25) is 0 Å². The highest BCUT2D eigenvalue weighted by Crippen LogP contribution is 2.28. The van der Waals surface area contributed by atoms with Crippen LogP contribution in [0.1, 0.15) is 28.7 Å². The Hall–Kier alpha value is -3.33. The Labute approximate surface area is 164 Å². The summed E-state index contributed by atoms with van der Waals surface area (Å²) in [5.41, 5.74) is 2.07. The SMILES string of the molecule is O=C(c1cnn(-c2ccccc2)n1)N1CCC(c2noc(-c3ccsc3)n2)C1. The third kappa shape index (κ3) is 3.09. The number of carbonyl (C=O) groups is 1. The first-order valence-electron chi connectivity index (χ1n) is 8.91. The normalized spacial score (nSPS) is 16.6. The molecule has 1 atom stereocenters. The van der Waals surface area contributed by atoms with E-state index in [9.17, 15) is 4.79 Å². The van der Waals surface area contributed by atoms with Gasteiger partial charge in [0.15, 0.2) is 11.5 Å². The van der Waals surface area contributed by atoms with Crippen molar-refractivity contribution in [2.75, 3.05) is 13.1 Å². The molecule has 1 aliphatic rings. The average molecular weight is 392 g/mol. The molecule has 28 heavy (non-hydrogen) atoms. The maximum Gasteiger partial charge on any atom is 0.276 e. The van der Waals surface area contributed by atoms with Crippen LogP contribution in [0, 0.1) is 0 Å². The highest BCUT2D eigenvalue weighted by atomic mass is 32.1. The number of carbonyl (C=O) groups excluding carboxylic acids is 1. The molecule has 0 spiro atoms. The van der Waals surface area contributed by atoms with E-state index >= 15 is 0 Å². The van der Waals surface area contributed by atoms with Crippen molar-refractivity contribution >= 4 is 17.2 Å². The number of para-hydroxylation sites is 1. The van der Waals surface area contributed by atoms with E-state index in [1.54, 1.807) is 16.2 Å². The molecule has 1 amide bonds. The number of aromatic nitrogens is 5. The number of hydrogen-bond acceptors (Lipinski definition) is 7. The van der Waals surface area contributed by atoms with Crippen molar-refractivity contribution in [1.82, 2.24) is 30.0 Å². The van der Waals surface area contributed by atoms with Crippen LogP contribution in [0.4, 0.5) is 0 Å². The molecule has 8 nitrogen and oxygen atoms in total. The topological polar surface area (TPSA) is 89.9 Å². The van der Waals surface area contributed by atoms with Crippen molar-refractivity contribution in [2.24, 2.45) is 0 Å². The van der Waals surface area contributed by atoms with Crippen molar-refractivity contribution in [2.45, 2.75) is 12.3 Å². The lowest BCUT2D eigenvalue weighted by Crippen LogP contribution is -2.29. The van der Waals surface area contributed by atoms with Crippen LogP contribution in [0.3, 0.4) is 0 Å². The fourth-order valence-electron chi connectivity index (χ4n) is 3.27. The van der Waals surface area contributed by atoms with Gasteiger partial charge in [-0.1, -0.05) is 23.4 Å². The van der Waals surface area contributed by atoms with Crippen LogP contribution in [-0.4, -0.2) is 49.0 Å². The Morgan fingerprint density at radius 3 is 2.93 bits per heavy atom. The summed E-state index contributed by atoms with van der Waals surface area (Å²) in [7, 11) is 0. The fourth-order valence-corrected chi connectivity index (χ4v) is 3.90. The quantitative estimate of drug-likeness (QED) is 0.530. The minimum atomic E-state index is -0.133. The zero-order valence-electron chi connectivity index (χ0n) is 14.8. The van der Waals surface area contributed by atoms with Crippen LogP contribution >= 0.6 is 11.3 Å². The van der Waals surface area contributed by atoms with Crippen LogP contribution in [0.5, 0.6) is 0 Å². The van der Waals surface area contributed by atoms with E-state index in [2.05, 4.69) is 20.3 Å². The monoisotopic (exact) mass is 392 g/mol. The Kier molecular flexibility index (Phi) is 4.21. The third-order valence-corrected chi connectivity index (χ3v) is 5.43. The first-order chi connectivity index (χ1) is 13.8. The van der Waals surface area contributed by atoms with Crippen LogP contribution in [-0.2, 0) is 0 Å². The van der Waals surface area contributed by atoms with Crippen molar-refractivity contribution in [1.29, 1.82) is 0 Å². The Morgan fingerprint density at radius 2 is 2.11 bits per heavy atom. The van der Waals surface area contributed by atoms with Gasteiger partial charge in [0.05, 0.1) is 17.4 Å². The Bertz CT molecular complexity index is 1090. The summed E-state index contributed by atoms with van der Waals surface area (Å²) in [5, 5.41) is 16.6. The number of amides is 1. The maximum absolute atomic E-state index is 12.8. The molecule has 0 aliphatic carbocycles. The van der Waals surface area contributed by atoms with Crippen LogP contribution in [0.15, 0.2) is 57.9 Å². The minimum absolute atomic E-state index is 0.0595.